The number of hydrogen-bond acceptors (Lipinski definition) is 5. The van der Waals surface area contributed by atoms with Crippen LogP contribution in [0.3, 0.4) is 0 Å². The molecule has 0 radical (unpaired) electrons. The molecule has 6 heteroatoms. The summed E-state index contributed by atoms with van der Waals surface area (Å²) in [7, 11) is 0. The van der Waals surface area contributed by atoms with E-state index < -0.39 is 11.2 Å². The lowest BCUT2D eigenvalue weighted by Crippen LogP contribution is -2.35. The summed E-state index contributed by atoms with van der Waals surface area (Å²) in [6.45, 7) is 4.30. The Bertz CT molecular complexity index is 280. The van der Waals surface area contributed by atoms with Gasteiger partial charge in [-0.2, -0.15) is 0 Å². The van der Waals surface area contributed by atoms with Gasteiger partial charge in [-0.15, -0.1) is 0 Å². The lowest BCUT2D eigenvalue weighted by molar-refractivity contribution is -0.146. The van der Waals surface area contributed by atoms with Crippen molar-refractivity contribution in [3.63, 3.8) is 0 Å². The fraction of sp³-hybridized carbons (Fsp3) is 0.625. The zero-order chi connectivity index (χ0) is 10.7. The number of rotatable bonds is 3. The van der Waals surface area contributed by atoms with Gasteiger partial charge in [0.15, 0.2) is 5.25 Å². The highest BCUT2D eigenvalue weighted by Gasteiger charge is 2.41. The third-order valence-corrected chi connectivity index (χ3v) is 3.31. The molecule has 0 aliphatic carbocycles. The molecule has 1 unspecified atom stereocenters. The normalized spacial score (nSPS) is 21.6. The van der Waals surface area contributed by atoms with Crippen molar-refractivity contribution in [2.75, 3.05) is 13.2 Å². The molecule has 0 saturated carbocycles. The lowest BCUT2D eigenvalue weighted by atomic mass is 10.3. The Labute approximate surface area is 92.0 Å². The maximum atomic E-state index is 11.6. The molecule has 1 aliphatic rings. The van der Waals surface area contributed by atoms with Crippen molar-refractivity contribution in [2.45, 2.75) is 19.1 Å². The van der Waals surface area contributed by atoms with Crippen molar-refractivity contribution in [3.8, 4) is 0 Å². The van der Waals surface area contributed by atoms with Gasteiger partial charge in [0.2, 0.25) is 0 Å². The van der Waals surface area contributed by atoms with Crippen LogP contribution in [0.2, 0.25) is 0 Å². The van der Waals surface area contributed by atoms with Gasteiger partial charge < -0.3 is 4.74 Å². The molecule has 1 heterocycles. The van der Waals surface area contributed by atoms with E-state index in [1.54, 1.807) is 6.92 Å². The summed E-state index contributed by atoms with van der Waals surface area (Å²) in [5, 5.41) is -0.789. The Morgan fingerprint density at radius 2 is 2.29 bits per heavy atom. The topological polar surface area (TPSA) is 46.6 Å². The molecule has 1 amide bonds. The van der Waals surface area contributed by atoms with Gasteiger partial charge in [-0.25, -0.2) is 0 Å². The fourth-order valence-electron chi connectivity index (χ4n) is 1.10. The first kappa shape index (κ1) is 11.5. The van der Waals surface area contributed by atoms with Crippen LogP contribution in [-0.2, 0) is 14.3 Å². The van der Waals surface area contributed by atoms with E-state index in [0.29, 0.717) is 10.9 Å². The second-order valence-corrected chi connectivity index (χ2v) is 4.34. The number of hydrogen-bond donors (Lipinski definition) is 0. The van der Waals surface area contributed by atoms with Crippen molar-refractivity contribution in [1.29, 1.82) is 0 Å². The highest BCUT2D eigenvalue weighted by Crippen LogP contribution is 2.27. The smallest absolute Gasteiger partial charge is 0.329 e. The van der Waals surface area contributed by atoms with Crippen LogP contribution >= 0.6 is 24.0 Å². The number of ether oxygens (including phenoxy) is 1. The van der Waals surface area contributed by atoms with Gasteiger partial charge in [-0.3, -0.25) is 14.5 Å². The SMILES string of the molecule is CCOC(=O)C1SC(=S)N(CC)C1=O. The van der Waals surface area contributed by atoms with Gasteiger partial charge >= 0.3 is 5.97 Å². The van der Waals surface area contributed by atoms with Gasteiger partial charge in [0.05, 0.1) is 6.61 Å². The molecule has 1 rings (SSSR count). The molecule has 0 bridgehead atoms. The van der Waals surface area contributed by atoms with Crippen LogP contribution < -0.4 is 0 Å². The molecular formula is C8H11NO3S2. The largest absolute Gasteiger partial charge is 0.465 e. The highest BCUT2D eigenvalue weighted by molar-refractivity contribution is 8.24. The Morgan fingerprint density at radius 3 is 2.71 bits per heavy atom. The molecule has 0 spiro atoms. The number of thioether (sulfide) groups is 1. The van der Waals surface area contributed by atoms with Crippen LogP contribution in [0.1, 0.15) is 13.8 Å². The number of esters is 1. The molecule has 1 atom stereocenters. The number of amides is 1. The van der Waals surface area contributed by atoms with E-state index in [2.05, 4.69) is 0 Å². The Balaban J connectivity index is 2.71. The molecule has 0 aromatic heterocycles. The third-order valence-electron chi connectivity index (χ3n) is 1.75. The molecule has 4 nitrogen and oxygen atoms in total. The zero-order valence-corrected chi connectivity index (χ0v) is 9.61. The van der Waals surface area contributed by atoms with Crippen molar-refractivity contribution >= 4 is 40.2 Å². The molecule has 0 N–H and O–H groups in total. The van der Waals surface area contributed by atoms with Crippen LogP contribution in [0.4, 0.5) is 0 Å². The van der Waals surface area contributed by atoms with Crippen LogP contribution in [0, 0.1) is 0 Å². The first-order chi connectivity index (χ1) is 6.61. The highest BCUT2D eigenvalue weighted by atomic mass is 32.2. The fourth-order valence-corrected chi connectivity index (χ4v) is 2.55. The maximum Gasteiger partial charge on any atom is 0.329 e. The van der Waals surface area contributed by atoms with Gasteiger partial charge in [-0.1, -0.05) is 24.0 Å². The molecule has 1 fully saturated rings. The first-order valence-electron chi connectivity index (χ1n) is 4.30. The van der Waals surface area contributed by atoms with Crippen molar-refractivity contribution in [2.24, 2.45) is 0 Å². The van der Waals surface area contributed by atoms with Crippen molar-refractivity contribution in [1.82, 2.24) is 4.90 Å². The van der Waals surface area contributed by atoms with Crippen LogP contribution in [0.15, 0.2) is 0 Å². The standard InChI is InChI=1S/C8H11NO3S2/c1-3-9-6(10)5(14-8(9)13)7(11)12-4-2/h5H,3-4H2,1-2H3. The minimum absolute atomic E-state index is 0.263. The predicted octanol–water partition coefficient (Wildman–Crippen LogP) is 0.798. The summed E-state index contributed by atoms with van der Waals surface area (Å²) in [6, 6.07) is 0. The summed E-state index contributed by atoms with van der Waals surface area (Å²) in [4.78, 5) is 24.3. The van der Waals surface area contributed by atoms with Crippen molar-refractivity contribution < 1.29 is 14.3 Å². The molecule has 1 saturated heterocycles. The molecule has 1 aliphatic heterocycles. The lowest BCUT2D eigenvalue weighted by Gasteiger charge is -2.11. The number of nitrogens with zero attached hydrogens (tertiary/aromatic N) is 1. The number of carbonyl (C=O) groups is 2. The van der Waals surface area contributed by atoms with E-state index in [4.69, 9.17) is 17.0 Å². The van der Waals surface area contributed by atoms with E-state index in [-0.39, 0.29) is 12.5 Å². The Kier molecular flexibility index (Phi) is 3.88. The predicted molar refractivity (Wildman–Crippen MR) is 58.0 cm³/mol. The average molecular weight is 233 g/mol. The summed E-state index contributed by atoms with van der Waals surface area (Å²) in [5.74, 6) is -0.762. The van der Waals surface area contributed by atoms with Crippen LogP contribution in [0.25, 0.3) is 0 Å². The average Bonchev–Trinajstić information content (AvgIpc) is 2.42. The summed E-state index contributed by atoms with van der Waals surface area (Å²) >= 11 is 6.05. The van der Waals surface area contributed by atoms with Gasteiger partial charge in [0.25, 0.3) is 5.91 Å². The van der Waals surface area contributed by atoms with Gasteiger partial charge in [0.1, 0.15) is 4.32 Å². The van der Waals surface area contributed by atoms with Crippen molar-refractivity contribution in [3.05, 3.63) is 0 Å². The van der Waals surface area contributed by atoms with E-state index >= 15 is 0 Å². The summed E-state index contributed by atoms with van der Waals surface area (Å²) in [6.07, 6.45) is 0. The molecule has 0 aromatic rings. The molecular weight excluding hydrogens is 222 g/mol. The maximum absolute atomic E-state index is 11.6. The quantitative estimate of drug-likeness (QED) is 0.410. The van der Waals surface area contributed by atoms with E-state index in [1.165, 1.54) is 4.90 Å². The zero-order valence-electron chi connectivity index (χ0n) is 7.98. The Hall–Kier alpha value is -0.620. The van der Waals surface area contributed by atoms with Crippen LogP contribution in [0.5, 0.6) is 0 Å². The second-order valence-electron chi connectivity index (χ2n) is 2.60. The minimum atomic E-state index is -0.789. The monoisotopic (exact) mass is 233 g/mol. The first-order valence-corrected chi connectivity index (χ1v) is 5.59. The van der Waals surface area contributed by atoms with Gasteiger partial charge in [0, 0.05) is 6.54 Å². The number of carbonyl (C=O) groups excluding carboxylic acids is 2. The minimum Gasteiger partial charge on any atom is -0.465 e. The third kappa shape index (κ3) is 2.06. The van der Waals surface area contributed by atoms with Crippen LogP contribution in [-0.4, -0.2) is 39.5 Å². The van der Waals surface area contributed by atoms with E-state index in [0.717, 1.165) is 11.8 Å². The summed E-state index contributed by atoms with van der Waals surface area (Å²) in [5.41, 5.74) is 0. The molecule has 14 heavy (non-hydrogen) atoms. The van der Waals surface area contributed by atoms with E-state index in [9.17, 15) is 9.59 Å². The number of thiocarbonyl (C=S) groups is 1. The second kappa shape index (κ2) is 4.75. The van der Waals surface area contributed by atoms with Gasteiger partial charge in [-0.05, 0) is 13.8 Å². The summed E-state index contributed by atoms with van der Waals surface area (Å²) < 4.78 is 5.22. The molecule has 78 valence electrons. The molecule has 0 aromatic carbocycles. The Morgan fingerprint density at radius 1 is 1.64 bits per heavy atom. The van der Waals surface area contributed by atoms with E-state index in [1.807, 2.05) is 6.92 Å².